The van der Waals surface area contributed by atoms with Crippen molar-refractivity contribution in [3.63, 3.8) is 0 Å². The molecule has 0 unspecified atom stereocenters. The van der Waals surface area contributed by atoms with Gasteiger partial charge in [-0.3, -0.25) is 4.79 Å². The predicted octanol–water partition coefficient (Wildman–Crippen LogP) is -0.00578. The second-order valence-corrected chi connectivity index (χ2v) is 3.30. The first-order valence-electron chi connectivity index (χ1n) is 4.83. The van der Waals surface area contributed by atoms with Crippen LogP contribution in [0.25, 0.3) is 0 Å². The Balaban J connectivity index is 1.97. The first kappa shape index (κ1) is 11.8. The molecule has 0 radical (unpaired) electrons. The average Bonchev–Trinajstić information content (AvgIpc) is 2.94. The topological polar surface area (TPSA) is 131 Å². The highest BCUT2D eigenvalue weighted by atomic mass is 16.5. The minimum Gasteiger partial charge on any atom is -0.475 e. The zero-order valence-corrected chi connectivity index (χ0v) is 9.21. The first-order valence-corrected chi connectivity index (χ1v) is 4.83. The van der Waals surface area contributed by atoms with E-state index in [0.717, 1.165) is 6.07 Å². The van der Waals surface area contributed by atoms with Gasteiger partial charge in [0, 0.05) is 6.07 Å². The molecular formula is C9H8N4O5. The molecule has 9 nitrogen and oxygen atoms in total. The van der Waals surface area contributed by atoms with Crippen molar-refractivity contribution in [1.29, 1.82) is 0 Å². The third-order valence-electron chi connectivity index (χ3n) is 1.92. The minimum atomic E-state index is -1.30. The zero-order valence-electron chi connectivity index (χ0n) is 9.21. The van der Waals surface area contributed by atoms with Gasteiger partial charge in [-0.15, -0.1) is 0 Å². The minimum absolute atomic E-state index is 0.0228. The molecule has 0 aliphatic carbocycles. The van der Waals surface area contributed by atoms with Crippen LogP contribution in [0, 0.1) is 6.92 Å². The van der Waals surface area contributed by atoms with Crippen molar-refractivity contribution in [2.45, 2.75) is 13.5 Å². The second-order valence-electron chi connectivity index (χ2n) is 3.30. The van der Waals surface area contributed by atoms with Gasteiger partial charge in [0.1, 0.15) is 0 Å². The summed E-state index contributed by atoms with van der Waals surface area (Å²) in [6.45, 7) is 1.67. The van der Waals surface area contributed by atoms with E-state index in [1.54, 1.807) is 6.92 Å². The number of rotatable bonds is 4. The zero-order chi connectivity index (χ0) is 13.1. The Labute approximate surface area is 99.8 Å². The number of aromatic carboxylic acids is 1. The van der Waals surface area contributed by atoms with Crippen LogP contribution in [0.3, 0.4) is 0 Å². The predicted molar refractivity (Wildman–Crippen MR) is 53.7 cm³/mol. The Kier molecular flexibility index (Phi) is 3.04. The van der Waals surface area contributed by atoms with E-state index in [1.807, 2.05) is 0 Å². The molecule has 2 heterocycles. The van der Waals surface area contributed by atoms with Gasteiger partial charge in [0.15, 0.2) is 11.5 Å². The fourth-order valence-corrected chi connectivity index (χ4v) is 1.14. The molecule has 0 aliphatic rings. The number of carbonyl (C=O) groups excluding carboxylic acids is 1. The van der Waals surface area contributed by atoms with Gasteiger partial charge in [-0.05, 0) is 6.92 Å². The van der Waals surface area contributed by atoms with Crippen molar-refractivity contribution in [3.8, 4) is 0 Å². The fourth-order valence-electron chi connectivity index (χ4n) is 1.14. The molecular weight excluding hydrogens is 244 g/mol. The largest absolute Gasteiger partial charge is 0.475 e. The van der Waals surface area contributed by atoms with Crippen molar-refractivity contribution in [1.82, 2.24) is 20.6 Å². The van der Waals surface area contributed by atoms with E-state index in [9.17, 15) is 9.59 Å². The maximum atomic E-state index is 11.5. The Morgan fingerprint density at radius 1 is 1.39 bits per heavy atom. The van der Waals surface area contributed by atoms with Gasteiger partial charge in [-0.25, -0.2) is 4.79 Å². The molecule has 2 rings (SSSR count). The van der Waals surface area contributed by atoms with E-state index < -0.39 is 17.6 Å². The summed E-state index contributed by atoms with van der Waals surface area (Å²) < 4.78 is 9.22. The van der Waals surface area contributed by atoms with E-state index in [4.69, 9.17) is 9.63 Å². The van der Waals surface area contributed by atoms with Crippen LogP contribution in [0.2, 0.25) is 0 Å². The van der Waals surface area contributed by atoms with Gasteiger partial charge >= 0.3 is 5.97 Å². The fraction of sp³-hybridized carbons (Fsp3) is 0.222. The molecule has 2 aromatic heterocycles. The van der Waals surface area contributed by atoms with Gasteiger partial charge in [0.2, 0.25) is 11.7 Å². The summed E-state index contributed by atoms with van der Waals surface area (Å²) in [6, 6.07) is 1.02. The summed E-state index contributed by atoms with van der Waals surface area (Å²) in [4.78, 5) is 25.9. The standard InChI is InChI=1S/C9H8N4O5/c1-4-11-7(18-12-4)3-10-8(14)5-2-6(9(15)16)17-13-5/h2H,3H2,1H3,(H,10,14)(H,15,16). The molecule has 0 aliphatic heterocycles. The third kappa shape index (κ3) is 2.51. The van der Waals surface area contributed by atoms with E-state index in [-0.39, 0.29) is 18.1 Å². The molecule has 9 heteroatoms. The summed E-state index contributed by atoms with van der Waals surface area (Å²) >= 11 is 0. The summed E-state index contributed by atoms with van der Waals surface area (Å²) in [5, 5.41) is 17.9. The number of carboxylic acids is 1. The van der Waals surface area contributed by atoms with Crippen molar-refractivity contribution < 1.29 is 23.7 Å². The maximum Gasteiger partial charge on any atom is 0.374 e. The van der Waals surface area contributed by atoms with Crippen LogP contribution in [0.4, 0.5) is 0 Å². The summed E-state index contributed by atoms with van der Waals surface area (Å²) in [5.74, 6) is -1.61. The van der Waals surface area contributed by atoms with Gasteiger partial charge in [0.25, 0.3) is 5.91 Å². The molecule has 2 N–H and O–H groups in total. The van der Waals surface area contributed by atoms with E-state index in [0.29, 0.717) is 5.82 Å². The molecule has 94 valence electrons. The molecule has 0 bridgehead atoms. The van der Waals surface area contributed by atoms with Crippen LogP contribution in [0.15, 0.2) is 15.1 Å². The molecule has 1 amide bonds. The average molecular weight is 252 g/mol. The lowest BCUT2D eigenvalue weighted by Gasteiger charge is -1.96. The smallest absolute Gasteiger partial charge is 0.374 e. The normalized spacial score (nSPS) is 10.3. The second kappa shape index (κ2) is 4.65. The lowest BCUT2D eigenvalue weighted by atomic mass is 10.3. The van der Waals surface area contributed by atoms with Crippen molar-refractivity contribution in [3.05, 3.63) is 29.2 Å². The number of hydrogen-bond donors (Lipinski definition) is 2. The molecule has 0 saturated carbocycles. The Hall–Kier alpha value is -2.71. The lowest BCUT2D eigenvalue weighted by molar-refractivity contribution is 0.0651. The van der Waals surface area contributed by atoms with Crippen LogP contribution in [-0.2, 0) is 6.54 Å². The number of nitrogens with one attached hydrogen (secondary N) is 1. The monoisotopic (exact) mass is 252 g/mol. The van der Waals surface area contributed by atoms with Gasteiger partial charge < -0.3 is 19.5 Å². The van der Waals surface area contributed by atoms with Gasteiger partial charge in [-0.1, -0.05) is 10.3 Å². The van der Waals surface area contributed by atoms with Crippen LogP contribution in [-0.4, -0.2) is 32.3 Å². The van der Waals surface area contributed by atoms with E-state index in [1.165, 1.54) is 0 Å². The van der Waals surface area contributed by atoms with Crippen LogP contribution < -0.4 is 5.32 Å². The summed E-state index contributed by atoms with van der Waals surface area (Å²) in [6.07, 6.45) is 0. The van der Waals surface area contributed by atoms with E-state index >= 15 is 0 Å². The number of aryl methyl sites for hydroxylation is 1. The van der Waals surface area contributed by atoms with Crippen molar-refractivity contribution >= 4 is 11.9 Å². The number of hydrogen-bond acceptors (Lipinski definition) is 7. The van der Waals surface area contributed by atoms with E-state index in [2.05, 4.69) is 25.1 Å². The molecule has 2 aromatic rings. The van der Waals surface area contributed by atoms with Crippen LogP contribution >= 0.6 is 0 Å². The summed E-state index contributed by atoms with van der Waals surface area (Å²) in [5.41, 5.74) is -0.136. The van der Waals surface area contributed by atoms with Crippen LogP contribution in [0.1, 0.15) is 32.8 Å². The highest BCUT2D eigenvalue weighted by Gasteiger charge is 2.16. The number of amides is 1. The Bertz CT molecular complexity index is 587. The SMILES string of the molecule is Cc1noc(CNC(=O)c2cc(C(=O)O)on2)n1. The first-order chi connectivity index (χ1) is 8.56. The Morgan fingerprint density at radius 2 is 2.17 bits per heavy atom. The molecule has 18 heavy (non-hydrogen) atoms. The molecule has 0 saturated heterocycles. The highest BCUT2D eigenvalue weighted by Crippen LogP contribution is 2.04. The number of aromatic nitrogens is 3. The number of carboxylic acid groups (broad SMARTS) is 1. The molecule has 0 aromatic carbocycles. The maximum absolute atomic E-state index is 11.5. The number of nitrogens with zero attached hydrogens (tertiary/aromatic N) is 3. The van der Waals surface area contributed by atoms with Crippen LogP contribution in [0.5, 0.6) is 0 Å². The summed E-state index contributed by atoms with van der Waals surface area (Å²) in [7, 11) is 0. The van der Waals surface area contributed by atoms with Gasteiger partial charge in [0.05, 0.1) is 6.54 Å². The highest BCUT2D eigenvalue weighted by molar-refractivity contribution is 5.94. The molecule has 0 spiro atoms. The lowest BCUT2D eigenvalue weighted by Crippen LogP contribution is -2.23. The van der Waals surface area contributed by atoms with Crippen molar-refractivity contribution in [2.75, 3.05) is 0 Å². The van der Waals surface area contributed by atoms with Gasteiger partial charge in [-0.2, -0.15) is 4.98 Å². The Morgan fingerprint density at radius 3 is 2.72 bits per heavy atom. The quantitative estimate of drug-likeness (QED) is 0.776. The van der Waals surface area contributed by atoms with Crippen molar-refractivity contribution in [2.24, 2.45) is 0 Å². The third-order valence-corrected chi connectivity index (χ3v) is 1.92. The number of carbonyl (C=O) groups is 2. The molecule has 0 atom stereocenters. The molecule has 0 fully saturated rings.